The van der Waals surface area contributed by atoms with Crippen LogP contribution < -0.4 is 5.32 Å². The Kier molecular flexibility index (Phi) is 4.52. The number of benzene rings is 1. The van der Waals surface area contributed by atoms with Crippen LogP contribution in [0.25, 0.3) is 11.2 Å². The van der Waals surface area contributed by atoms with Crippen molar-refractivity contribution >= 4 is 22.7 Å². The van der Waals surface area contributed by atoms with E-state index < -0.39 is 31.1 Å². The van der Waals surface area contributed by atoms with Crippen molar-refractivity contribution in [2.45, 2.75) is 38.4 Å². The van der Waals surface area contributed by atoms with E-state index in [1.54, 1.807) is 0 Å². The van der Waals surface area contributed by atoms with E-state index in [-0.39, 0.29) is 0 Å². The average Bonchev–Trinajstić information content (AvgIpc) is 3.17. The average molecular weight is 371 g/mol. The van der Waals surface area contributed by atoms with Crippen molar-refractivity contribution < 1.29 is 20.1 Å². The highest BCUT2D eigenvalue weighted by atomic mass is 16.6. The normalized spacial score (nSPS) is 25.2. The highest BCUT2D eigenvalue weighted by Crippen LogP contribution is 2.32. The number of aliphatic hydroxyl groups is 3. The van der Waals surface area contributed by atoms with Crippen LogP contribution in [0, 0.1) is 13.8 Å². The Morgan fingerprint density at radius 2 is 1.81 bits per heavy atom. The molecule has 4 atom stereocenters. The zero-order chi connectivity index (χ0) is 19.1. The van der Waals surface area contributed by atoms with Crippen molar-refractivity contribution in [2.24, 2.45) is 0 Å². The summed E-state index contributed by atoms with van der Waals surface area (Å²) in [6, 6.07) is 6.09. The molecule has 1 aliphatic rings. The van der Waals surface area contributed by atoms with Gasteiger partial charge >= 0.3 is 0 Å². The summed E-state index contributed by atoms with van der Waals surface area (Å²) in [4.78, 5) is 12.9. The second kappa shape index (κ2) is 6.86. The van der Waals surface area contributed by atoms with Gasteiger partial charge < -0.3 is 25.4 Å². The third-order valence-electron chi connectivity index (χ3n) is 4.63. The predicted octanol–water partition coefficient (Wildman–Crippen LogP) is 0.798. The first kappa shape index (κ1) is 17.8. The molecule has 1 aromatic carbocycles. The smallest absolute Gasteiger partial charge is 0.167 e. The number of imidazole rings is 1. The molecule has 1 unspecified atom stereocenters. The van der Waals surface area contributed by atoms with Crippen molar-refractivity contribution in [1.82, 2.24) is 19.5 Å². The van der Waals surface area contributed by atoms with Gasteiger partial charge in [-0.1, -0.05) is 6.07 Å². The quantitative estimate of drug-likeness (QED) is 0.531. The number of hydrogen-bond acceptors (Lipinski definition) is 8. The Labute approximate surface area is 155 Å². The molecule has 0 amide bonds. The molecule has 0 radical (unpaired) electrons. The molecule has 1 saturated heterocycles. The van der Waals surface area contributed by atoms with E-state index in [0.29, 0.717) is 17.0 Å². The molecule has 3 heterocycles. The minimum atomic E-state index is -1.20. The lowest BCUT2D eigenvalue weighted by molar-refractivity contribution is -0.0511. The maximum absolute atomic E-state index is 10.3. The highest BCUT2D eigenvalue weighted by Gasteiger charge is 2.44. The summed E-state index contributed by atoms with van der Waals surface area (Å²) in [6.45, 7) is 3.64. The number of aryl methyl sites for hydroxylation is 2. The molecule has 4 rings (SSSR count). The number of rotatable bonds is 4. The minimum Gasteiger partial charge on any atom is -0.394 e. The molecule has 0 saturated carbocycles. The van der Waals surface area contributed by atoms with Crippen LogP contribution in [0.5, 0.6) is 0 Å². The summed E-state index contributed by atoms with van der Waals surface area (Å²) in [5, 5.41) is 32.8. The van der Waals surface area contributed by atoms with Crippen molar-refractivity contribution in [2.75, 3.05) is 11.9 Å². The maximum Gasteiger partial charge on any atom is 0.167 e. The third kappa shape index (κ3) is 3.15. The predicted molar refractivity (Wildman–Crippen MR) is 97.5 cm³/mol. The van der Waals surface area contributed by atoms with E-state index in [2.05, 4.69) is 26.3 Å². The number of nitrogens with zero attached hydrogens (tertiary/aromatic N) is 4. The first-order chi connectivity index (χ1) is 13.0. The van der Waals surface area contributed by atoms with Gasteiger partial charge in [-0.3, -0.25) is 4.57 Å². The summed E-state index contributed by atoms with van der Waals surface area (Å²) in [5.74, 6) is 0.524. The molecule has 4 N–H and O–H groups in total. The number of nitrogens with one attached hydrogen (secondary N) is 1. The van der Waals surface area contributed by atoms with Crippen LogP contribution in [0.4, 0.5) is 11.5 Å². The molecule has 1 fully saturated rings. The van der Waals surface area contributed by atoms with Gasteiger partial charge in [0, 0.05) is 5.69 Å². The zero-order valence-electron chi connectivity index (χ0n) is 14.9. The first-order valence-corrected chi connectivity index (χ1v) is 8.63. The summed E-state index contributed by atoms with van der Waals surface area (Å²) >= 11 is 0. The molecule has 3 aromatic rings. The van der Waals surface area contributed by atoms with Gasteiger partial charge in [-0.15, -0.1) is 0 Å². The van der Waals surface area contributed by atoms with Gasteiger partial charge in [-0.05, 0) is 37.1 Å². The fourth-order valence-corrected chi connectivity index (χ4v) is 3.42. The molecule has 27 heavy (non-hydrogen) atoms. The Bertz CT molecular complexity index is 955. The number of fused-ring (bicyclic) bond motifs is 1. The van der Waals surface area contributed by atoms with E-state index in [9.17, 15) is 15.3 Å². The Hall–Kier alpha value is -2.59. The first-order valence-electron chi connectivity index (χ1n) is 8.63. The molecule has 0 aliphatic carbocycles. The van der Waals surface area contributed by atoms with Gasteiger partial charge in [0.25, 0.3) is 0 Å². The molecule has 0 bridgehead atoms. The minimum absolute atomic E-state index is 0.393. The van der Waals surface area contributed by atoms with Crippen LogP contribution in [-0.2, 0) is 4.74 Å². The van der Waals surface area contributed by atoms with Crippen LogP contribution in [0.3, 0.4) is 0 Å². The molecule has 0 spiro atoms. The Morgan fingerprint density at radius 1 is 1.07 bits per heavy atom. The van der Waals surface area contributed by atoms with Crippen LogP contribution in [0.2, 0.25) is 0 Å². The van der Waals surface area contributed by atoms with Crippen molar-refractivity contribution in [3.63, 3.8) is 0 Å². The van der Waals surface area contributed by atoms with Crippen LogP contribution in [-0.4, -0.2) is 59.8 Å². The second-order valence-electron chi connectivity index (χ2n) is 6.78. The van der Waals surface area contributed by atoms with Gasteiger partial charge in [0.1, 0.15) is 24.6 Å². The zero-order valence-corrected chi connectivity index (χ0v) is 14.9. The Balaban J connectivity index is 1.70. The lowest BCUT2D eigenvalue weighted by Crippen LogP contribution is -2.33. The van der Waals surface area contributed by atoms with Crippen molar-refractivity contribution in [1.29, 1.82) is 0 Å². The third-order valence-corrected chi connectivity index (χ3v) is 4.63. The largest absolute Gasteiger partial charge is 0.394 e. The second-order valence-corrected chi connectivity index (χ2v) is 6.78. The van der Waals surface area contributed by atoms with Crippen LogP contribution >= 0.6 is 0 Å². The van der Waals surface area contributed by atoms with E-state index >= 15 is 0 Å². The summed E-state index contributed by atoms with van der Waals surface area (Å²) in [7, 11) is 0. The topological polar surface area (TPSA) is 126 Å². The number of aromatic nitrogens is 4. The van der Waals surface area contributed by atoms with E-state index in [1.807, 2.05) is 26.0 Å². The van der Waals surface area contributed by atoms with Crippen molar-refractivity contribution in [3.05, 3.63) is 42.0 Å². The van der Waals surface area contributed by atoms with E-state index in [0.717, 1.165) is 16.8 Å². The fraction of sp³-hybridized carbons (Fsp3) is 0.389. The van der Waals surface area contributed by atoms with E-state index in [1.165, 1.54) is 17.2 Å². The highest BCUT2D eigenvalue weighted by molar-refractivity contribution is 5.85. The van der Waals surface area contributed by atoms with Gasteiger partial charge in [-0.2, -0.15) is 0 Å². The lowest BCUT2D eigenvalue weighted by Gasteiger charge is -2.16. The maximum atomic E-state index is 10.3. The molecule has 1 aliphatic heterocycles. The summed E-state index contributed by atoms with van der Waals surface area (Å²) in [5.41, 5.74) is 4.09. The summed E-state index contributed by atoms with van der Waals surface area (Å²) < 4.78 is 7.10. The van der Waals surface area contributed by atoms with Crippen molar-refractivity contribution in [3.8, 4) is 0 Å². The fourth-order valence-electron chi connectivity index (χ4n) is 3.42. The number of anilines is 2. The molecule has 2 aromatic heterocycles. The van der Waals surface area contributed by atoms with Crippen LogP contribution in [0.1, 0.15) is 17.4 Å². The summed E-state index contributed by atoms with van der Waals surface area (Å²) in [6.07, 6.45) is -1.28. The van der Waals surface area contributed by atoms with E-state index in [4.69, 9.17) is 4.74 Å². The van der Waals surface area contributed by atoms with Gasteiger partial charge in [0.15, 0.2) is 23.2 Å². The van der Waals surface area contributed by atoms with Gasteiger partial charge in [-0.25, -0.2) is 15.0 Å². The molecule has 142 valence electrons. The Morgan fingerprint density at radius 3 is 2.48 bits per heavy atom. The number of ether oxygens (including phenoxy) is 1. The lowest BCUT2D eigenvalue weighted by atomic mass is 10.1. The standard InChI is InChI=1S/C18H21N5O4/c1-9-3-10(2)5-11(4-9)22-16-13-17(20-7-19-16)23(8-21-13)18-15(26)14(25)12(6-24)27-18/h3-5,7-8,12,14-15,18,24-26H,6H2,1-2H3,(H,19,20,22)/t12-,14-,15-,18?/m1/s1. The number of hydrogen-bond donors (Lipinski definition) is 4. The molecular weight excluding hydrogens is 350 g/mol. The van der Waals surface area contributed by atoms with Gasteiger partial charge in [0.05, 0.1) is 12.9 Å². The molecular formula is C18H21N5O4. The monoisotopic (exact) mass is 371 g/mol. The van der Waals surface area contributed by atoms with Crippen LogP contribution in [0.15, 0.2) is 30.9 Å². The van der Waals surface area contributed by atoms with Gasteiger partial charge in [0.2, 0.25) is 0 Å². The number of aliphatic hydroxyl groups excluding tert-OH is 3. The molecule has 9 nitrogen and oxygen atoms in total. The molecule has 9 heteroatoms. The SMILES string of the molecule is Cc1cc(C)cc(Nc2ncnc3c2ncn3C2O[C@H](CO)[C@@H](O)[C@H]2O)c1.